The number of benzene rings is 1. The average molecular weight is 340 g/mol. The predicted molar refractivity (Wildman–Crippen MR) is 82.3 cm³/mol. The van der Waals surface area contributed by atoms with E-state index in [0.717, 1.165) is 15.0 Å². The number of nitrogens with zero attached hydrogens (tertiary/aromatic N) is 1. The molecule has 1 N–H and O–H groups in total. The highest BCUT2D eigenvalue weighted by Gasteiger charge is 2.16. The smallest absolute Gasteiger partial charge is 0.337 e. The highest BCUT2D eigenvalue weighted by atomic mass is 79.9. The number of carboxylic acids is 1. The number of aromatic carboxylic acids is 1. The molecule has 0 amide bonds. The third-order valence-electron chi connectivity index (χ3n) is 2.89. The summed E-state index contributed by atoms with van der Waals surface area (Å²) < 4.78 is 1.08. The van der Waals surface area contributed by atoms with Crippen LogP contribution in [0.3, 0.4) is 0 Å². The zero-order valence-electron chi connectivity index (χ0n) is 10.7. The van der Waals surface area contributed by atoms with E-state index in [1.165, 1.54) is 5.56 Å². The molecular formula is C14H14BrNO2S. The van der Waals surface area contributed by atoms with Crippen molar-refractivity contribution in [3.63, 3.8) is 0 Å². The molecule has 0 radical (unpaired) electrons. The van der Waals surface area contributed by atoms with E-state index in [-0.39, 0.29) is 0 Å². The first-order valence-corrected chi connectivity index (χ1v) is 7.43. The Morgan fingerprint density at radius 1 is 1.47 bits per heavy atom. The molecule has 0 fully saturated rings. The number of rotatable bonds is 4. The monoisotopic (exact) mass is 339 g/mol. The van der Waals surface area contributed by atoms with Crippen LogP contribution in [-0.2, 0) is 6.54 Å². The highest BCUT2D eigenvalue weighted by Crippen LogP contribution is 2.27. The van der Waals surface area contributed by atoms with Crippen molar-refractivity contribution in [2.45, 2.75) is 13.5 Å². The van der Waals surface area contributed by atoms with Crippen LogP contribution in [0, 0.1) is 6.92 Å². The second-order valence-corrected chi connectivity index (χ2v) is 6.68. The van der Waals surface area contributed by atoms with Crippen molar-refractivity contribution < 1.29 is 9.90 Å². The molecule has 19 heavy (non-hydrogen) atoms. The Hall–Kier alpha value is -1.33. The SMILES string of the molecule is Cc1cccc(C(=O)O)c1N(C)Cc1csc(Br)c1. The zero-order valence-corrected chi connectivity index (χ0v) is 13.1. The molecule has 0 unspecified atom stereocenters. The first-order chi connectivity index (χ1) is 8.99. The Morgan fingerprint density at radius 3 is 2.79 bits per heavy atom. The van der Waals surface area contributed by atoms with Crippen LogP contribution in [0.5, 0.6) is 0 Å². The molecule has 1 aromatic carbocycles. The van der Waals surface area contributed by atoms with E-state index in [1.54, 1.807) is 23.5 Å². The van der Waals surface area contributed by atoms with Crippen LogP contribution in [0.4, 0.5) is 5.69 Å². The molecule has 5 heteroatoms. The maximum absolute atomic E-state index is 11.3. The highest BCUT2D eigenvalue weighted by molar-refractivity contribution is 9.11. The van der Waals surface area contributed by atoms with Gasteiger partial charge in [-0.2, -0.15) is 0 Å². The molecule has 0 atom stereocenters. The van der Waals surface area contributed by atoms with Crippen molar-refractivity contribution >= 4 is 38.9 Å². The summed E-state index contributed by atoms with van der Waals surface area (Å²) in [5.41, 5.74) is 3.25. The van der Waals surface area contributed by atoms with Gasteiger partial charge in [0, 0.05) is 13.6 Å². The Kier molecular flexibility index (Phi) is 4.27. The summed E-state index contributed by atoms with van der Waals surface area (Å²) in [5, 5.41) is 11.3. The molecule has 2 rings (SSSR count). The van der Waals surface area contributed by atoms with Crippen LogP contribution in [-0.4, -0.2) is 18.1 Å². The van der Waals surface area contributed by atoms with Gasteiger partial charge in [-0.3, -0.25) is 0 Å². The standard InChI is InChI=1S/C14H14BrNO2S/c1-9-4-3-5-11(14(17)18)13(9)16(2)7-10-6-12(15)19-8-10/h3-6,8H,7H2,1-2H3,(H,17,18). The number of anilines is 1. The summed E-state index contributed by atoms with van der Waals surface area (Å²) in [6, 6.07) is 7.41. The molecular weight excluding hydrogens is 326 g/mol. The topological polar surface area (TPSA) is 40.5 Å². The van der Waals surface area contributed by atoms with Crippen molar-refractivity contribution in [2.75, 3.05) is 11.9 Å². The minimum atomic E-state index is -0.892. The number of hydrogen-bond acceptors (Lipinski definition) is 3. The first-order valence-electron chi connectivity index (χ1n) is 5.76. The maximum Gasteiger partial charge on any atom is 0.337 e. The molecule has 0 aliphatic rings. The Bertz CT molecular complexity index is 609. The van der Waals surface area contributed by atoms with Gasteiger partial charge in [-0.15, -0.1) is 11.3 Å². The third kappa shape index (κ3) is 3.16. The fourth-order valence-electron chi connectivity index (χ4n) is 2.12. The lowest BCUT2D eigenvalue weighted by molar-refractivity contribution is 0.0697. The van der Waals surface area contributed by atoms with Crippen LogP contribution in [0.15, 0.2) is 33.4 Å². The molecule has 1 aromatic heterocycles. The van der Waals surface area contributed by atoms with Gasteiger partial charge in [0.1, 0.15) is 0 Å². The van der Waals surface area contributed by atoms with E-state index in [1.807, 2.05) is 24.9 Å². The minimum absolute atomic E-state index is 0.344. The normalized spacial score (nSPS) is 10.5. The summed E-state index contributed by atoms with van der Waals surface area (Å²) >= 11 is 5.07. The van der Waals surface area contributed by atoms with Gasteiger partial charge in [-0.1, -0.05) is 12.1 Å². The van der Waals surface area contributed by atoms with Crippen molar-refractivity contribution in [1.82, 2.24) is 0 Å². The van der Waals surface area contributed by atoms with Crippen LogP contribution >= 0.6 is 27.3 Å². The number of thiophene rings is 1. The summed E-state index contributed by atoms with van der Waals surface area (Å²) in [6.45, 7) is 2.62. The lowest BCUT2D eigenvalue weighted by Gasteiger charge is -2.23. The van der Waals surface area contributed by atoms with Gasteiger partial charge >= 0.3 is 5.97 Å². The number of carboxylic acid groups (broad SMARTS) is 1. The van der Waals surface area contributed by atoms with Gasteiger partial charge in [-0.05, 0) is 51.5 Å². The molecule has 3 nitrogen and oxygen atoms in total. The van der Waals surface area contributed by atoms with Gasteiger partial charge < -0.3 is 10.0 Å². The summed E-state index contributed by atoms with van der Waals surface area (Å²) in [4.78, 5) is 13.3. The summed E-state index contributed by atoms with van der Waals surface area (Å²) in [5.74, 6) is -0.892. The second kappa shape index (κ2) is 5.75. The van der Waals surface area contributed by atoms with Crippen LogP contribution < -0.4 is 4.90 Å². The van der Waals surface area contributed by atoms with Crippen LogP contribution in [0.1, 0.15) is 21.5 Å². The summed E-state index contributed by atoms with van der Waals surface area (Å²) in [6.07, 6.45) is 0. The number of carbonyl (C=O) groups is 1. The van der Waals surface area contributed by atoms with Crippen molar-refractivity contribution in [2.24, 2.45) is 0 Å². The second-order valence-electron chi connectivity index (χ2n) is 4.39. The van der Waals surface area contributed by atoms with E-state index in [9.17, 15) is 9.90 Å². The van der Waals surface area contributed by atoms with E-state index >= 15 is 0 Å². The lowest BCUT2D eigenvalue weighted by atomic mass is 10.1. The van der Waals surface area contributed by atoms with E-state index in [2.05, 4.69) is 27.4 Å². The molecule has 0 bridgehead atoms. The van der Waals surface area contributed by atoms with Gasteiger partial charge in [0.25, 0.3) is 0 Å². The first kappa shape index (κ1) is 14.1. The van der Waals surface area contributed by atoms with Crippen molar-refractivity contribution in [3.05, 3.63) is 50.1 Å². The number of aryl methyl sites for hydroxylation is 1. The van der Waals surface area contributed by atoms with Gasteiger partial charge in [0.15, 0.2) is 0 Å². The van der Waals surface area contributed by atoms with E-state index in [0.29, 0.717) is 12.1 Å². The number of halogens is 1. The van der Waals surface area contributed by atoms with Crippen LogP contribution in [0.25, 0.3) is 0 Å². The third-order valence-corrected chi connectivity index (χ3v) is 4.44. The van der Waals surface area contributed by atoms with Crippen LogP contribution in [0.2, 0.25) is 0 Å². The Morgan fingerprint density at radius 2 is 2.21 bits per heavy atom. The molecule has 0 saturated heterocycles. The molecule has 2 aromatic rings. The predicted octanol–water partition coefficient (Wildman–Crippen LogP) is 4.15. The van der Waals surface area contributed by atoms with Crippen molar-refractivity contribution in [1.29, 1.82) is 0 Å². The fraction of sp³-hybridized carbons (Fsp3) is 0.214. The average Bonchev–Trinajstić information content (AvgIpc) is 2.74. The van der Waals surface area contributed by atoms with E-state index < -0.39 is 5.97 Å². The van der Waals surface area contributed by atoms with Gasteiger partial charge in [-0.25, -0.2) is 4.79 Å². The minimum Gasteiger partial charge on any atom is -0.478 e. The van der Waals surface area contributed by atoms with Gasteiger partial charge in [0.05, 0.1) is 15.0 Å². The Labute approximate surface area is 124 Å². The maximum atomic E-state index is 11.3. The van der Waals surface area contributed by atoms with E-state index in [4.69, 9.17) is 0 Å². The molecule has 0 aliphatic heterocycles. The fourth-order valence-corrected chi connectivity index (χ4v) is 3.32. The molecule has 0 spiro atoms. The molecule has 100 valence electrons. The van der Waals surface area contributed by atoms with Crippen molar-refractivity contribution in [3.8, 4) is 0 Å². The zero-order chi connectivity index (χ0) is 14.0. The number of para-hydroxylation sites is 1. The quantitative estimate of drug-likeness (QED) is 0.909. The largest absolute Gasteiger partial charge is 0.478 e. The molecule has 0 saturated carbocycles. The molecule has 1 heterocycles. The summed E-state index contributed by atoms with van der Waals surface area (Å²) in [7, 11) is 1.92. The van der Waals surface area contributed by atoms with Gasteiger partial charge in [0.2, 0.25) is 0 Å². The molecule has 0 aliphatic carbocycles. The number of hydrogen-bond donors (Lipinski definition) is 1. The lowest BCUT2D eigenvalue weighted by Crippen LogP contribution is -2.20. The Balaban J connectivity index is 2.32.